The SMILES string of the molecule is CCC(C)[C@@H]([C@@H](CC(=O)N1CCC[C@H]1[C@H](OC)[C@@H](C)C(=O)N[C@H](C)[C@@H](O)c1ccccc1)OC)N(C)C(=O)[C@@H](NC(=O)[C@@H](NC)C(C)C)C(C)C. The molecule has 0 saturated carbocycles. The molecule has 0 aromatic heterocycles. The van der Waals surface area contributed by atoms with Gasteiger partial charge in [0.25, 0.3) is 0 Å². The number of aliphatic hydroxyl groups excluding tert-OH is 1. The molecule has 1 saturated heterocycles. The number of hydrogen-bond donors (Lipinski definition) is 4. The Bertz CT molecular complexity index is 1250. The number of benzene rings is 1. The fourth-order valence-electron chi connectivity index (χ4n) is 7.42. The van der Waals surface area contributed by atoms with E-state index in [4.69, 9.17) is 9.47 Å². The Morgan fingerprint density at radius 3 is 2.04 bits per heavy atom. The molecule has 4 N–H and O–H groups in total. The fraction of sp³-hybridized carbons (Fsp3) is 0.744. The molecule has 0 bridgehead atoms. The standard InChI is InChI=1S/C39H67N5O7/c1-13-25(6)34(43(10)39(49)33(24(4)5)42-38(48)32(40-9)23(2)3)30(50-11)22-31(45)44-21-17-20-29(44)36(51-12)26(7)37(47)41-27(8)35(46)28-18-15-14-16-19-28/h14-16,18-19,23-27,29-30,32-36,40,46H,13,17,20-22H2,1-12H3,(H,41,47)(H,42,48)/t25?,26-,27-,29+,30-,32+,33+,34+,35-,36-/m1/s1. The second kappa shape index (κ2) is 20.8. The van der Waals surface area contributed by atoms with Crippen molar-refractivity contribution in [3.05, 3.63) is 35.9 Å². The molecule has 4 amide bonds. The summed E-state index contributed by atoms with van der Waals surface area (Å²) in [6, 6.07) is 6.67. The lowest BCUT2D eigenvalue weighted by atomic mass is 9.89. The van der Waals surface area contributed by atoms with Gasteiger partial charge in [-0.2, -0.15) is 0 Å². The van der Waals surface area contributed by atoms with Gasteiger partial charge in [-0.1, -0.05) is 85.2 Å². The number of ether oxygens (including phenoxy) is 2. The van der Waals surface area contributed by atoms with E-state index in [1.54, 1.807) is 52.0 Å². The van der Waals surface area contributed by atoms with Crippen LogP contribution in [0.3, 0.4) is 0 Å². The molecule has 1 aliphatic heterocycles. The number of likely N-dealkylation sites (N-methyl/N-ethyl adjacent to an activating group) is 2. The van der Waals surface area contributed by atoms with E-state index in [0.717, 1.165) is 12.8 Å². The van der Waals surface area contributed by atoms with Crippen LogP contribution in [0.1, 0.15) is 92.7 Å². The average molecular weight is 718 g/mol. The number of hydrogen-bond acceptors (Lipinski definition) is 8. The number of nitrogens with one attached hydrogen (secondary N) is 3. The lowest BCUT2D eigenvalue weighted by molar-refractivity contribution is -0.148. The number of nitrogens with zero attached hydrogens (tertiary/aromatic N) is 2. The lowest BCUT2D eigenvalue weighted by Crippen LogP contribution is -2.59. The molecule has 1 aromatic rings. The van der Waals surface area contributed by atoms with Gasteiger partial charge in [-0.05, 0) is 50.1 Å². The van der Waals surface area contributed by atoms with Crippen LogP contribution in [0, 0.1) is 23.7 Å². The van der Waals surface area contributed by atoms with E-state index in [1.165, 1.54) is 0 Å². The Hall–Kier alpha value is -3.06. The third-order valence-corrected chi connectivity index (χ3v) is 10.7. The van der Waals surface area contributed by atoms with Crippen molar-refractivity contribution >= 4 is 23.6 Å². The Morgan fingerprint density at radius 1 is 0.922 bits per heavy atom. The predicted molar refractivity (Wildman–Crippen MR) is 200 cm³/mol. The molecule has 12 nitrogen and oxygen atoms in total. The molecule has 290 valence electrons. The summed E-state index contributed by atoms with van der Waals surface area (Å²) in [5, 5.41) is 19.8. The third kappa shape index (κ3) is 11.5. The monoisotopic (exact) mass is 718 g/mol. The zero-order valence-electron chi connectivity index (χ0n) is 33.1. The van der Waals surface area contributed by atoms with Crippen LogP contribution in [0.4, 0.5) is 0 Å². The lowest BCUT2D eigenvalue weighted by Gasteiger charge is -2.41. The van der Waals surface area contributed by atoms with Crippen LogP contribution >= 0.6 is 0 Å². The van der Waals surface area contributed by atoms with Gasteiger partial charge in [0.05, 0.1) is 54.8 Å². The van der Waals surface area contributed by atoms with Gasteiger partial charge in [0, 0.05) is 27.8 Å². The normalized spacial score (nSPS) is 20.1. The van der Waals surface area contributed by atoms with Crippen LogP contribution in [0.25, 0.3) is 0 Å². The summed E-state index contributed by atoms with van der Waals surface area (Å²) >= 11 is 0. The first-order valence-electron chi connectivity index (χ1n) is 18.7. The molecule has 10 atom stereocenters. The molecule has 1 unspecified atom stereocenters. The number of carbonyl (C=O) groups is 4. The van der Waals surface area contributed by atoms with Gasteiger partial charge in [-0.15, -0.1) is 0 Å². The van der Waals surface area contributed by atoms with Crippen molar-refractivity contribution in [1.29, 1.82) is 0 Å². The first-order valence-corrected chi connectivity index (χ1v) is 18.7. The van der Waals surface area contributed by atoms with E-state index in [2.05, 4.69) is 16.0 Å². The molecule has 1 fully saturated rings. The van der Waals surface area contributed by atoms with Crippen LogP contribution in [-0.4, -0.2) is 116 Å². The summed E-state index contributed by atoms with van der Waals surface area (Å²) < 4.78 is 11.9. The zero-order valence-corrected chi connectivity index (χ0v) is 33.1. The molecule has 1 aromatic carbocycles. The number of amides is 4. The first kappa shape index (κ1) is 44.1. The van der Waals surface area contributed by atoms with E-state index in [-0.39, 0.29) is 53.8 Å². The van der Waals surface area contributed by atoms with Gasteiger partial charge in [0.2, 0.25) is 23.6 Å². The van der Waals surface area contributed by atoms with E-state index in [0.29, 0.717) is 18.5 Å². The molecule has 0 spiro atoms. The van der Waals surface area contributed by atoms with Crippen molar-refractivity contribution < 1.29 is 33.8 Å². The highest BCUT2D eigenvalue weighted by Gasteiger charge is 2.43. The van der Waals surface area contributed by atoms with Gasteiger partial charge < -0.3 is 40.3 Å². The van der Waals surface area contributed by atoms with Crippen LogP contribution in [0.15, 0.2) is 30.3 Å². The Kier molecular flexibility index (Phi) is 18.0. The van der Waals surface area contributed by atoms with Crippen LogP contribution in [0.2, 0.25) is 0 Å². The molecular weight excluding hydrogens is 650 g/mol. The molecule has 0 aliphatic carbocycles. The highest BCUT2D eigenvalue weighted by atomic mass is 16.5. The Morgan fingerprint density at radius 2 is 1.53 bits per heavy atom. The largest absolute Gasteiger partial charge is 0.386 e. The predicted octanol–water partition coefficient (Wildman–Crippen LogP) is 3.53. The number of methoxy groups -OCH3 is 2. The molecule has 12 heteroatoms. The molecule has 51 heavy (non-hydrogen) atoms. The molecule has 2 rings (SSSR count). The topological polar surface area (TPSA) is 150 Å². The first-order chi connectivity index (χ1) is 24.0. The fourth-order valence-corrected chi connectivity index (χ4v) is 7.42. The second-order valence-corrected chi connectivity index (χ2v) is 15.0. The van der Waals surface area contributed by atoms with E-state index in [1.807, 2.05) is 71.9 Å². The van der Waals surface area contributed by atoms with Crippen molar-refractivity contribution in [2.24, 2.45) is 23.7 Å². The van der Waals surface area contributed by atoms with E-state index >= 15 is 0 Å². The summed E-state index contributed by atoms with van der Waals surface area (Å²) in [5.74, 6) is -1.62. The van der Waals surface area contributed by atoms with Gasteiger partial charge >= 0.3 is 0 Å². The number of aliphatic hydroxyl groups is 1. The molecule has 1 aliphatic rings. The minimum Gasteiger partial charge on any atom is -0.386 e. The molecular formula is C39H67N5O7. The minimum atomic E-state index is -0.875. The van der Waals surface area contributed by atoms with Crippen LogP contribution < -0.4 is 16.0 Å². The van der Waals surface area contributed by atoms with E-state index in [9.17, 15) is 24.3 Å². The van der Waals surface area contributed by atoms with Crippen molar-refractivity contribution in [3.63, 3.8) is 0 Å². The van der Waals surface area contributed by atoms with Gasteiger partial charge in [0.15, 0.2) is 0 Å². The van der Waals surface area contributed by atoms with E-state index < -0.39 is 48.4 Å². The maximum absolute atomic E-state index is 14.1. The second-order valence-electron chi connectivity index (χ2n) is 15.0. The summed E-state index contributed by atoms with van der Waals surface area (Å²) in [4.78, 5) is 58.3. The zero-order chi connectivity index (χ0) is 38.6. The number of rotatable bonds is 20. The summed E-state index contributed by atoms with van der Waals surface area (Å²) in [6.07, 6.45) is 0.147. The smallest absolute Gasteiger partial charge is 0.245 e. The van der Waals surface area contributed by atoms with Crippen LogP contribution in [-0.2, 0) is 28.7 Å². The third-order valence-electron chi connectivity index (χ3n) is 10.7. The Balaban J connectivity index is 2.24. The van der Waals surface area contributed by atoms with Crippen molar-refractivity contribution in [2.75, 3.05) is 34.9 Å². The summed E-state index contributed by atoms with van der Waals surface area (Å²) in [6.45, 7) is 15.9. The van der Waals surface area contributed by atoms with Crippen molar-refractivity contribution in [1.82, 2.24) is 25.8 Å². The molecule has 0 radical (unpaired) electrons. The maximum Gasteiger partial charge on any atom is 0.245 e. The highest BCUT2D eigenvalue weighted by Crippen LogP contribution is 2.30. The highest BCUT2D eigenvalue weighted by molar-refractivity contribution is 5.90. The van der Waals surface area contributed by atoms with Crippen molar-refractivity contribution in [3.8, 4) is 0 Å². The van der Waals surface area contributed by atoms with Gasteiger partial charge in [-0.3, -0.25) is 19.2 Å². The van der Waals surface area contributed by atoms with Crippen molar-refractivity contribution in [2.45, 2.75) is 130 Å². The summed E-state index contributed by atoms with van der Waals surface area (Å²) in [7, 11) is 6.57. The Labute approximate surface area is 306 Å². The quantitative estimate of drug-likeness (QED) is 0.160. The maximum atomic E-state index is 14.1. The van der Waals surface area contributed by atoms with Gasteiger partial charge in [-0.25, -0.2) is 0 Å². The van der Waals surface area contributed by atoms with Gasteiger partial charge in [0.1, 0.15) is 6.04 Å². The van der Waals surface area contributed by atoms with Crippen LogP contribution in [0.5, 0.6) is 0 Å². The summed E-state index contributed by atoms with van der Waals surface area (Å²) in [5.41, 5.74) is 0.711. The number of carbonyl (C=O) groups excluding carboxylic acids is 4. The minimum absolute atomic E-state index is 0.0148. The number of likely N-dealkylation sites (tertiary alicyclic amines) is 1. The molecule has 1 heterocycles. The average Bonchev–Trinajstić information content (AvgIpc) is 3.59.